The second kappa shape index (κ2) is 3.60. The van der Waals surface area contributed by atoms with Gasteiger partial charge in [0.05, 0.1) is 11.4 Å². The Hall–Kier alpha value is -2.30. The Labute approximate surface area is 104 Å². The van der Waals surface area contributed by atoms with E-state index in [0.717, 1.165) is 18.8 Å². The SMILES string of the molecule is c1ncn(-c2ccc3[nH]cc(N4CCC4)c3c2)n1. The summed E-state index contributed by atoms with van der Waals surface area (Å²) >= 11 is 0. The average Bonchev–Trinajstić information content (AvgIpc) is 2.96. The molecule has 3 aromatic rings. The molecule has 1 aliphatic rings. The zero-order chi connectivity index (χ0) is 11.9. The molecule has 4 rings (SSSR count). The molecule has 3 heterocycles. The minimum atomic E-state index is 1.04. The Morgan fingerprint density at radius 3 is 2.89 bits per heavy atom. The summed E-state index contributed by atoms with van der Waals surface area (Å²) in [6.45, 7) is 2.31. The fourth-order valence-electron chi connectivity index (χ4n) is 2.40. The minimum absolute atomic E-state index is 1.04. The summed E-state index contributed by atoms with van der Waals surface area (Å²) in [4.78, 5) is 9.70. The molecule has 5 nitrogen and oxygen atoms in total. The normalized spacial score (nSPS) is 15.0. The van der Waals surface area contributed by atoms with Crippen molar-refractivity contribution in [2.45, 2.75) is 6.42 Å². The highest BCUT2D eigenvalue weighted by Gasteiger charge is 2.18. The molecule has 0 radical (unpaired) electrons. The van der Waals surface area contributed by atoms with E-state index in [1.165, 1.54) is 23.0 Å². The molecule has 2 aromatic heterocycles. The van der Waals surface area contributed by atoms with Gasteiger partial charge in [0.2, 0.25) is 0 Å². The van der Waals surface area contributed by atoms with Crippen LogP contribution in [0.1, 0.15) is 6.42 Å². The number of fused-ring (bicyclic) bond motifs is 1. The van der Waals surface area contributed by atoms with Crippen LogP contribution in [0.5, 0.6) is 0 Å². The number of hydrogen-bond donors (Lipinski definition) is 1. The van der Waals surface area contributed by atoms with Crippen molar-refractivity contribution < 1.29 is 0 Å². The summed E-state index contributed by atoms with van der Waals surface area (Å²) < 4.78 is 1.78. The van der Waals surface area contributed by atoms with Gasteiger partial charge < -0.3 is 9.88 Å². The zero-order valence-corrected chi connectivity index (χ0v) is 9.87. The second-order valence-corrected chi connectivity index (χ2v) is 4.58. The van der Waals surface area contributed by atoms with Gasteiger partial charge in [0.1, 0.15) is 12.7 Å². The predicted molar refractivity (Wildman–Crippen MR) is 70.0 cm³/mol. The Morgan fingerprint density at radius 1 is 1.22 bits per heavy atom. The van der Waals surface area contributed by atoms with Crippen molar-refractivity contribution in [1.82, 2.24) is 19.7 Å². The number of hydrogen-bond acceptors (Lipinski definition) is 3. The van der Waals surface area contributed by atoms with E-state index in [4.69, 9.17) is 0 Å². The van der Waals surface area contributed by atoms with Gasteiger partial charge in [-0.15, -0.1) is 0 Å². The molecule has 0 bridgehead atoms. The summed E-state index contributed by atoms with van der Waals surface area (Å²) in [6.07, 6.45) is 6.65. The van der Waals surface area contributed by atoms with Gasteiger partial charge in [-0.1, -0.05) is 0 Å². The van der Waals surface area contributed by atoms with E-state index >= 15 is 0 Å². The number of rotatable bonds is 2. The molecule has 1 aromatic carbocycles. The third-order valence-corrected chi connectivity index (χ3v) is 3.52. The van der Waals surface area contributed by atoms with Crippen LogP contribution in [-0.4, -0.2) is 32.8 Å². The van der Waals surface area contributed by atoms with Gasteiger partial charge in [-0.3, -0.25) is 0 Å². The van der Waals surface area contributed by atoms with Gasteiger partial charge in [-0.05, 0) is 24.6 Å². The lowest BCUT2D eigenvalue weighted by atomic mass is 10.1. The molecule has 0 atom stereocenters. The monoisotopic (exact) mass is 239 g/mol. The second-order valence-electron chi connectivity index (χ2n) is 4.58. The molecule has 1 fully saturated rings. The Balaban J connectivity index is 1.87. The van der Waals surface area contributed by atoms with Crippen LogP contribution in [0.3, 0.4) is 0 Å². The summed E-state index contributed by atoms with van der Waals surface area (Å²) in [5, 5.41) is 5.42. The van der Waals surface area contributed by atoms with Gasteiger partial charge in [0.15, 0.2) is 0 Å². The standard InChI is InChI=1S/C13H13N5/c1-4-17(5-1)13-7-15-12-3-2-10(6-11(12)13)18-9-14-8-16-18/h2-3,6-9,15H,1,4-5H2. The number of aromatic nitrogens is 4. The van der Waals surface area contributed by atoms with Crippen LogP contribution in [0.15, 0.2) is 37.1 Å². The van der Waals surface area contributed by atoms with E-state index in [1.54, 1.807) is 17.3 Å². The van der Waals surface area contributed by atoms with E-state index in [1.807, 2.05) is 6.07 Å². The molecule has 18 heavy (non-hydrogen) atoms. The van der Waals surface area contributed by atoms with E-state index in [9.17, 15) is 0 Å². The van der Waals surface area contributed by atoms with E-state index < -0.39 is 0 Å². The van der Waals surface area contributed by atoms with Gasteiger partial charge in [-0.25, -0.2) is 9.67 Å². The van der Waals surface area contributed by atoms with Gasteiger partial charge in [0, 0.05) is 30.2 Å². The first kappa shape index (κ1) is 9.70. The van der Waals surface area contributed by atoms with Crippen molar-refractivity contribution in [3.63, 3.8) is 0 Å². The zero-order valence-electron chi connectivity index (χ0n) is 9.87. The van der Waals surface area contributed by atoms with Crippen LogP contribution in [0.2, 0.25) is 0 Å². The van der Waals surface area contributed by atoms with Crippen molar-refractivity contribution in [2.75, 3.05) is 18.0 Å². The van der Waals surface area contributed by atoms with Crippen LogP contribution in [0.4, 0.5) is 5.69 Å². The molecule has 1 saturated heterocycles. The van der Waals surface area contributed by atoms with Crippen LogP contribution in [0.25, 0.3) is 16.6 Å². The summed E-state index contributed by atoms with van der Waals surface area (Å²) in [5.74, 6) is 0. The lowest BCUT2D eigenvalue weighted by Gasteiger charge is -2.32. The molecule has 0 amide bonds. The Kier molecular flexibility index (Phi) is 1.94. The molecule has 90 valence electrons. The first-order valence-electron chi connectivity index (χ1n) is 6.13. The molecule has 1 N–H and O–H groups in total. The van der Waals surface area contributed by atoms with Gasteiger partial charge >= 0.3 is 0 Å². The topological polar surface area (TPSA) is 49.7 Å². The Bertz CT molecular complexity index is 679. The van der Waals surface area contributed by atoms with Crippen molar-refractivity contribution in [3.05, 3.63) is 37.1 Å². The fourth-order valence-corrected chi connectivity index (χ4v) is 2.40. The fraction of sp³-hybridized carbons (Fsp3) is 0.231. The van der Waals surface area contributed by atoms with Gasteiger partial charge in [-0.2, -0.15) is 5.10 Å². The van der Waals surface area contributed by atoms with E-state index in [2.05, 4.69) is 38.3 Å². The minimum Gasteiger partial charge on any atom is -0.370 e. The Morgan fingerprint density at radius 2 is 2.17 bits per heavy atom. The van der Waals surface area contributed by atoms with Crippen LogP contribution >= 0.6 is 0 Å². The highest BCUT2D eigenvalue weighted by atomic mass is 15.3. The number of anilines is 1. The van der Waals surface area contributed by atoms with Crippen LogP contribution < -0.4 is 4.90 Å². The van der Waals surface area contributed by atoms with Crippen LogP contribution in [0, 0.1) is 0 Å². The van der Waals surface area contributed by atoms with E-state index in [-0.39, 0.29) is 0 Å². The smallest absolute Gasteiger partial charge is 0.138 e. The average molecular weight is 239 g/mol. The maximum Gasteiger partial charge on any atom is 0.138 e. The summed E-state index contributed by atoms with van der Waals surface area (Å²) in [7, 11) is 0. The maximum absolute atomic E-state index is 4.17. The number of aromatic amines is 1. The number of benzene rings is 1. The van der Waals surface area contributed by atoms with Crippen molar-refractivity contribution >= 4 is 16.6 Å². The number of nitrogens with zero attached hydrogens (tertiary/aromatic N) is 4. The van der Waals surface area contributed by atoms with Crippen molar-refractivity contribution in [1.29, 1.82) is 0 Å². The maximum atomic E-state index is 4.17. The number of H-pyrrole nitrogens is 1. The third kappa shape index (κ3) is 1.33. The molecular formula is C13H13N5. The molecule has 0 spiro atoms. The summed E-state index contributed by atoms with van der Waals surface area (Å²) in [5.41, 5.74) is 3.50. The summed E-state index contributed by atoms with van der Waals surface area (Å²) in [6, 6.07) is 6.30. The van der Waals surface area contributed by atoms with Crippen molar-refractivity contribution in [3.8, 4) is 5.69 Å². The van der Waals surface area contributed by atoms with Crippen molar-refractivity contribution in [2.24, 2.45) is 0 Å². The predicted octanol–water partition coefficient (Wildman–Crippen LogP) is 1.96. The third-order valence-electron chi connectivity index (χ3n) is 3.52. The molecular weight excluding hydrogens is 226 g/mol. The molecule has 0 saturated carbocycles. The van der Waals surface area contributed by atoms with Gasteiger partial charge in [0.25, 0.3) is 0 Å². The van der Waals surface area contributed by atoms with E-state index in [0.29, 0.717) is 0 Å². The highest BCUT2D eigenvalue weighted by Crippen LogP contribution is 2.31. The molecule has 0 unspecified atom stereocenters. The highest BCUT2D eigenvalue weighted by molar-refractivity contribution is 5.94. The molecule has 1 aliphatic heterocycles. The van der Waals surface area contributed by atoms with Crippen LogP contribution in [-0.2, 0) is 0 Å². The lowest BCUT2D eigenvalue weighted by molar-refractivity contribution is 0.620. The lowest BCUT2D eigenvalue weighted by Crippen LogP contribution is -2.36. The largest absolute Gasteiger partial charge is 0.370 e. The first-order chi connectivity index (χ1) is 8.92. The number of nitrogens with one attached hydrogen (secondary N) is 1. The molecule has 5 heteroatoms. The molecule has 0 aliphatic carbocycles. The quantitative estimate of drug-likeness (QED) is 0.743. The first-order valence-corrected chi connectivity index (χ1v) is 6.13.